The quantitative estimate of drug-likeness (QED) is 0.710. The summed E-state index contributed by atoms with van der Waals surface area (Å²) < 4.78 is 13.6. The lowest BCUT2D eigenvalue weighted by molar-refractivity contribution is 0.114. The lowest BCUT2D eigenvalue weighted by Crippen LogP contribution is -2.23. The summed E-state index contributed by atoms with van der Waals surface area (Å²) in [6, 6.07) is 18.7. The van der Waals surface area contributed by atoms with Gasteiger partial charge in [0.2, 0.25) is 0 Å². The number of para-hydroxylation sites is 2. The van der Waals surface area contributed by atoms with Crippen LogP contribution in [0.25, 0.3) is 5.69 Å². The van der Waals surface area contributed by atoms with Crippen molar-refractivity contribution >= 4 is 5.69 Å². The highest BCUT2D eigenvalue weighted by Gasteiger charge is 2.28. The molecule has 1 atom stereocenters. The maximum absolute atomic E-state index is 6.03. The van der Waals surface area contributed by atoms with Gasteiger partial charge >= 0.3 is 0 Å². The first-order valence-corrected chi connectivity index (χ1v) is 8.52. The van der Waals surface area contributed by atoms with E-state index in [1.807, 2.05) is 18.2 Å². The van der Waals surface area contributed by atoms with Gasteiger partial charge in [0.1, 0.15) is 5.75 Å². The van der Waals surface area contributed by atoms with E-state index in [2.05, 4.69) is 65.2 Å². The van der Waals surface area contributed by atoms with Gasteiger partial charge in [0.15, 0.2) is 6.23 Å². The topological polar surface area (TPSA) is 26.6 Å². The Hall–Kier alpha value is -2.72. The van der Waals surface area contributed by atoms with Gasteiger partial charge in [-0.15, -0.1) is 0 Å². The molecule has 2 aromatic carbocycles. The molecule has 2 heterocycles. The van der Waals surface area contributed by atoms with E-state index in [9.17, 15) is 0 Å². The summed E-state index contributed by atoms with van der Waals surface area (Å²) in [5.41, 5.74) is 4.63. The molecular formula is C21H22N2O2. The molecule has 1 aromatic heterocycles. The fourth-order valence-electron chi connectivity index (χ4n) is 3.37. The molecule has 1 aliphatic heterocycles. The lowest BCUT2D eigenvalue weighted by Gasteiger charge is -2.25. The van der Waals surface area contributed by atoms with E-state index < -0.39 is 0 Å². The Kier molecular flexibility index (Phi) is 4.20. The monoisotopic (exact) mass is 334 g/mol. The van der Waals surface area contributed by atoms with Crippen molar-refractivity contribution in [3.05, 3.63) is 78.1 Å². The van der Waals surface area contributed by atoms with Gasteiger partial charge in [-0.25, -0.2) is 0 Å². The number of ether oxygens (including phenoxy) is 2. The van der Waals surface area contributed by atoms with E-state index in [1.165, 1.54) is 11.3 Å². The van der Waals surface area contributed by atoms with Gasteiger partial charge in [-0.1, -0.05) is 24.3 Å². The first-order valence-electron chi connectivity index (χ1n) is 8.52. The molecule has 1 fully saturated rings. The van der Waals surface area contributed by atoms with E-state index in [0.717, 1.165) is 30.2 Å². The average molecular weight is 334 g/mol. The Morgan fingerprint density at radius 2 is 1.96 bits per heavy atom. The van der Waals surface area contributed by atoms with Gasteiger partial charge in [-0.2, -0.15) is 0 Å². The largest absolute Gasteiger partial charge is 0.495 e. The second-order valence-corrected chi connectivity index (χ2v) is 6.28. The molecule has 4 rings (SSSR count). The summed E-state index contributed by atoms with van der Waals surface area (Å²) in [6.07, 6.45) is 4.12. The van der Waals surface area contributed by atoms with E-state index >= 15 is 0 Å². The minimum atomic E-state index is -0.0576. The number of nitrogens with zero attached hydrogens (tertiary/aromatic N) is 2. The van der Waals surface area contributed by atoms with Crippen molar-refractivity contribution in [3.63, 3.8) is 0 Å². The van der Waals surface area contributed by atoms with Crippen LogP contribution in [0, 0.1) is 6.92 Å². The smallest absolute Gasteiger partial charge is 0.158 e. The van der Waals surface area contributed by atoms with Gasteiger partial charge in [0, 0.05) is 30.2 Å². The highest BCUT2D eigenvalue weighted by atomic mass is 16.5. The Morgan fingerprint density at radius 3 is 2.80 bits per heavy atom. The highest BCUT2D eigenvalue weighted by Crippen LogP contribution is 2.33. The van der Waals surface area contributed by atoms with Gasteiger partial charge in [-0.05, 0) is 42.8 Å². The van der Waals surface area contributed by atoms with Gasteiger partial charge < -0.3 is 18.9 Å². The van der Waals surface area contributed by atoms with Crippen molar-refractivity contribution in [2.24, 2.45) is 0 Å². The first kappa shape index (κ1) is 15.8. The van der Waals surface area contributed by atoms with E-state index in [0.29, 0.717) is 0 Å². The van der Waals surface area contributed by atoms with Crippen LogP contribution in [0.15, 0.2) is 67.0 Å². The second kappa shape index (κ2) is 6.65. The Labute approximate surface area is 148 Å². The number of hydrogen-bond acceptors (Lipinski definition) is 3. The zero-order valence-electron chi connectivity index (χ0n) is 14.6. The molecule has 128 valence electrons. The Bertz CT molecular complexity index is 872. The summed E-state index contributed by atoms with van der Waals surface area (Å²) in [4.78, 5) is 2.31. The van der Waals surface area contributed by atoms with Crippen LogP contribution < -0.4 is 9.64 Å². The third-order valence-electron chi connectivity index (χ3n) is 4.59. The summed E-state index contributed by atoms with van der Waals surface area (Å²) >= 11 is 0. The maximum Gasteiger partial charge on any atom is 0.158 e. The molecule has 1 aliphatic rings. The van der Waals surface area contributed by atoms with Crippen molar-refractivity contribution in [1.29, 1.82) is 0 Å². The van der Waals surface area contributed by atoms with Crippen LogP contribution in [0.2, 0.25) is 0 Å². The van der Waals surface area contributed by atoms with Gasteiger partial charge in [0.05, 0.1) is 19.4 Å². The van der Waals surface area contributed by atoms with Crippen LogP contribution in [0.1, 0.15) is 17.4 Å². The van der Waals surface area contributed by atoms with Crippen LogP contribution in [0.5, 0.6) is 5.75 Å². The Balaban J connectivity index is 1.65. The molecule has 0 unspecified atom stereocenters. The lowest BCUT2D eigenvalue weighted by atomic mass is 10.2. The van der Waals surface area contributed by atoms with Gasteiger partial charge in [0.25, 0.3) is 0 Å². The van der Waals surface area contributed by atoms with Crippen molar-refractivity contribution in [2.45, 2.75) is 13.2 Å². The van der Waals surface area contributed by atoms with E-state index in [1.54, 1.807) is 7.11 Å². The normalized spacial score (nSPS) is 17.0. The zero-order chi connectivity index (χ0) is 17.2. The first-order chi connectivity index (χ1) is 12.3. The third-order valence-corrected chi connectivity index (χ3v) is 4.59. The summed E-state index contributed by atoms with van der Waals surface area (Å²) in [6.45, 7) is 3.75. The van der Waals surface area contributed by atoms with E-state index in [4.69, 9.17) is 9.47 Å². The predicted octanol–water partition coefficient (Wildman–Crippen LogP) is 4.33. The van der Waals surface area contributed by atoms with Crippen molar-refractivity contribution < 1.29 is 9.47 Å². The number of aromatic nitrogens is 1. The molecule has 25 heavy (non-hydrogen) atoms. The number of anilines is 1. The van der Waals surface area contributed by atoms with Crippen molar-refractivity contribution in [3.8, 4) is 11.4 Å². The van der Waals surface area contributed by atoms with E-state index in [-0.39, 0.29) is 6.23 Å². The molecule has 4 nitrogen and oxygen atoms in total. The average Bonchev–Trinajstić information content (AvgIpc) is 3.30. The highest BCUT2D eigenvalue weighted by molar-refractivity contribution is 5.52. The number of aryl methyl sites for hydroxylation is 1. The predicted molar refractivity (Wildman–Crippen MR) is 99.5 cm³/mol. The standard InChI is InChI=1S/C21H22N2O2/c1-16-6-5-7-18(14-16)23-12-13-25-21(23)17-10-11-22(15-17)19-8-3-4-9-20(19)24-2/h3-11,14-15,21H,12-13H2,1-2H3/t21-/m0/s1. The molecule has 0 bridgehead atoms. The fraction of sp³-hybridized carbons (Fsp3) is 0.238. The summed E-state index contributed by atoms with van der Waals surface area (Å²) in [5.74, 6) is 0.854. The van der Waals surface area contributed by atoms with Crippen LogP contribution in [0.4, 0.5) is 5.69 Å². The van der Waals surface area contributed by atoms with Crippen LogP contribution in [-0.2, 0) is 4.74 Å². The minimum Gasteiger partial charge on any atom is -0.495 e. The third kappa shape index (κ3) is 3.01. The molecule has 3 aromatic rings. The molecule has 0 radical (unpaired) electrons. The van der Waals surface area contributed by atoms with Crippen LogP contribution >= 0.6 is 0 Å². The molecular weight excluding hydrogens is 312 g/mol. The number of hydrogen-bond donors (Lipinski definition) is 0. The van der Waals surface area contributed by atoms with Crippen molar-refractivity contribution in [2.75, 3.05) is 25.2 Å². The Morgan fingerprint density at radius 1 is 1.08 bits per heavy atom. The maximum atomic E-state index is 6.03. The fourth-order valence-corrected chi connectivity index (χ4v) is 3.37. The number of methoxy groups -OCH3 is 1. The van der Waals surface area contributed by atoms with Gasteiger partial charge in [-0.3, -0.25) is 0 Å². The van der Waals surface area contributed by atoms with Crippen molar-refractivity contribution in [1.82, 2.24) is 4.57 Å². The SMILES string of the molecule is COc1ccccc1-n1ccc([C@@H]2OCCN2c2cccc(C)c2)c1. The van der Waals surface area contributed by atoms with Crippen LogP contribution in [0.3, 0.4) is 0 Å². The zero-order valence-corrected chi connectivity index (χ0v) is 14.6. The number of benzene rings is 2. The molecule has 0 spiro atoms. The number of rotatable bonds is 4. The molecule has 0 aliphatic carbocycles. The minimum absolute atomic E-state index is 0.0576. The molecule has 0 N–H and O–H groups in total. The molecule has 1 saturated heterocycles. The summed E-state index contributed by atoms with van der Waals surface area (Å²) in [7, 11) is 1.70. The molecule has 0 amide bonds. The second-order valence-electron chi connectivity index (χ2n) is 6.28. The molecule has 0 saturated carbocycles. The summed E-state index contributed by atoms with van der Waals surface area (Å²) in [5, 5.41) is 0. The molecule has 4 heteroatoms. The van der Waals surface area contributed by atoms with Crippen LogP contribution in [-0.4, -0.2) is 24.8 Å².